The first-order valence-corrected chi connectivity index (χ1v) is 6.80. The molecule has 1 N–H and O–H groups in total. The summed E-state index contributed by atoms with van der Waals surface area (Å²) in [5.74, 6) is 0. The Kier molecular flexibility index (Phi) is 5.22. The number of nitrogens with zero attached hydrogens (tertiary/aromatic N) is 1. The SMILES string of the molecule is COCc1cc2cccc(N3CCNCC3)c2oc1=O.Cl. The molecule has 1 aliphatic rings. The molecule has 3 rings (SSSR count). The molecule has 0 atom stereocenters. The van der Waals surface area contributed by atoms with Crippen LogP contribution in [-0.2, 0) is 11.3 Å². The summed E-state index contributed by atoms with van der Waals surface area (Å²) in [6.45, 7) is 4.01. The Hall–Kier alpha value is -1.56. The second-order valence-corrected chi connectivity index (χ2v) is 4.92. The first kappa shape index (κ1) is 15.8. The zero-order valence-corrected chi connectivity index (χ0v) is 12.7. The molecule has 0 radical (unpaired) electrons. The van der Waals surface area contributed by atoms with Crippen molar-refractivity contribution >= 4 is 29.1 Å². The fraction of sp³-hybridized carbons (Fsp3) is 0.400. The number of benzene rings is 1. The molecule has 1 aromatic heterocycles. The molecule has 0 amide bonds. The summed E-state index contributed by atoms with van der Waals surface area (Å²) in [4.78, 5) is 14.2. The molecule has 2 aromatic rings. The van der Waals surface area contributed by atoms with Gasteiger partial charge >= 0.3 is 5.63 Å². The van der Waals surface area contributed by atoms with Crippen molar-refractivity contribution in [1.29, 1.82) is 0 Å². The van der Waals surface area contributed by atoms with Crippen molar-refractivity contribution in [3.8, 4) is 0 Å². The number of nitrogens with one attached hydrogen (secondary N) is 1. The van der Waals surface area contributed by atoms with Crippen molar-refractivity contribution in [3.05, 3.63) is 40.2 Å². The van der Waals surface area contributed by atoms with E-state index in [-0.39, 0.29) is 24.6 Å². The summed E-state index contributed by atoms with van der Waals surface area (Å²) < 4.78 is 10.6. The molecule has 0 aliphatic carbocycles. The van der Waals surface area contributed by atoms with Gasteiger partial charge in [0.05, 0.1) is 17.9 Å². The lowest BCUT2D eigenvalue weighted by Crippen LogP contribution is -2.43. The number of methoxy groups -OCH3 is 1. The molecule has 0 spiro atoms. The maximum Gasteiger partial charge on any atom is 0.341 e. The normalized spacial score (nSPS) is 15.0. The summed E-state index contributed by atoms with van der Waals surface area (Å²) in [6.07, 6.45) is 0. The van der Waals surface area contributed by atoms with Gasteiger partial charge in [-0.05, 0) is 12.1 Å². The lowest BCUT2D eigenvalue weighted by molar-refractivity contribution is 0.182. The third kappa shape index (κ3) is 3.20. The Balaban J connectivity index is 0.00000161. The second kappa shape index (κ2) is 6.93. The number of hydrogen-bond donors (Lipinski definition) is 1. The van der Waals surface area contributed by atoms with Crippen LogP contribution in [0.4, 0.5) is 5.69 Å². The van der Waals surface area contributed by atoms with Crippen LogP contribution in [0.15, 0.2) is 33.5 Å². The minimum absolute atomic E-state index is 0. The lowest BCUT2D eigenvalue weighted by atomic mass is 10.1. The molecular formula is C15H19ClN2O3. The van der Waals surface area contributed by atoms with Crippen molar-refractivity contribution in [3.63, 3.8) is 0 Å². The lowest BCUT2D eigenvalue weighted by Gasteiger charge is -2.29. The minimum atomic E-state index is -0.318. The van der Waals surface area contributed by atoms with E-state index in [1.807, 2.05) is 24.3 Å². The second-order valence-electron chi connectivity index (χ2n) is 4.92. The zero-order chi connectivity index (χ0) is 13.9. The van der Waals surface area contributed by atoms with Gasteiger partial charge in [-0.2, -0.15) is 0 Å². The Bertz CT molecular complexity index is 666. The third-order valence-corrected chi connectivity index (χ3v) is 3.57. The van der Waals surface area contributed by atoms with Crippen molar-refractivity contribution in [2.75, 3.05) is 38.2 Å². The highest BCUT2D eigenvalue weighted by atomic mass is 35.5. The van der Waals surface area contributed by atoms with E-state index in [0.717, 1.165) is 37.3 Å². The number of halogens is 1. The Labute approximate surface area is 129 Å². The Morgan fingerprint density at radius 3 is 2.81 bits per heavy atom. The van der Waals surface area contributed by atoms with Gasteiger partial charge in [-0.25, -0.2) is 4.79 Å². The minimum Gasteiger partial charge on any atom is -0.420 e. The van der Waals surface area contributed by atoms with E-state index < -0.39 is 0 Å². The van der Waals surface area contributed by atoms with Gasteiger partial charge in [0.2, 0.25) is 0 Å². The van der Waals surface area contributed by atoms with Crippen molar-refractivity contribution < 1.29 is 9.15 Å². The van der Waals surface area contributed by atoms with Gasteiger partial charge in [-0.1, -0.05) is 12.1 Å². The molecule has 0 bridgehead atoms. The summed E-state index contributed by atoms with van der Waals surface area (Å²) in [5, 5.41) is 4.26. The van der Waals surface area contributed by atoms with Crippen LogP contribution in [0.3, 0.4) is 0 Å². The van der Waals surface area contributed by atoms with Crippen LogP contribution >= 0.6 is 12.4 Å². The highest BCUT2D eigenvalue weighted by molar-refractivity contribution is 5.89. The predicted molar refractivity (Wildman–Crippen MR) is 85.5 cm³/mol. The molecule has 1 aliphatic heterocycles. The van der Waals surface area contributed by atoms with E-state index >= 15 is 0 Å². The first-order valence-electron chi connectivity index (χ1n) is 6.80. The molecule has 1 fully saturated rings. The molecule has 21 heavy (non-hydrogen) atoms. The number of rotatable bonds is 3. The Morgan fingerprint density at radius 1 is 1.33 bits per heavy atom. The van der Waals surface area contributed by atoms with Gasteiger partial charge < -0.3 is 19.4 Å². The molecule has 1 aromatic carbocycles. The van der Waals surface area contributed by atoms with E-state index in [4.69, 9.17) is 9.15 Å². The van der Waals surface area contributed by atoms with Crippen molar-refractivity contribution in [2.24, 2.45) is 0 Å². The first-order chi connectivity index (χ1) is 9.79. The molecule has 0 unspecified atom stereocenters. The number of fused-ring (bicyclic) bond motifs is 1. The fourth-order valence-corrected chi connectivity index (χ4v) is 2.58. The topological polar surface area (TPSA) is 54.7 Å². The highest BCUT2D eigenvalue weighted by Crippen LogP contribution is 2.26. The molecule has 0 saturated carbocycles. The van der Waals surface area contributed by atoms with Gasteiger partial charge in [0.1, 0.15) is 0 Å². The van der Waals surface area contributed by atoms with Crippen LogP contribution in [0.5, 0.6) is 0 Å². The van der Waals surface area contributed by atoms with E-state index in [0.29, 0.717) is 11.1 Å². The van der Waals surface area contributed by atoms with Crippen LogP contribution in [0.1, 0.15) is 5.56 Å². The number of piperazine rings is 1. The maximum atomic E-state index is 12.0. The van der Waals surface area contributed by atoms with Crippen LogP contribution < -0.4 is 15.8 Å². The maximum absolute atomic E-state index is 12.0. The van der Waals surface area contributed by atoms with Crippen molar-refractivity contribution in [2.45, 2.75) is 6.61 Å². The summed E-state index contributed by atoms with van der Waals surface area (Å²) in [5.41, 5.74) is 1.89. The number of para-hydroxylation sites is 1. The number of anilines is 1. The van der Waals surface area contributed by atoms with Gasteiger partial charge in [0.25, 0.3) is 0 Å². The zero-order valence-electron chi connectivity index (χ0n) is 11.9. The van der Waals surface area contributed by atoms with Crippen molar-refractivity contribution in [1.82, 2.24) is 5.32 Å². The quantitative estimate of drug-likeness (QED) is 0.876. The molecule has 2 heterocycles. The third-order valence-electron chi connectivity index (χ3n) is 3.57. The summed E-state index contributed by atoms with van der Waals surface area (Å²) >= 11 is 0. The number of hydrogen-bond acceptors (Lipinski definition) is 5. The largest absolute Gasteiger partial charge is 0.420 e. The van der Waals surface area contributed by atoms with Gasteiger partial charge in [0, 0.05) is 38.7 Å². The molecular weight excluding hydrogens is 292 g/mol. The molecule has 5 nitrogen and oxygen atoms in total. The van der Waals surface area contributed by atoms with Gasteiger partial charge in [-0.3, -0.25) is 0 Å². The molecule has 6 heteroatoms. The van der Waals surface area contributed by atoms with E-state index in [1.54, 1.807) is 7.11 Å². The van der Waals surface area contributed by atoms with Crippen LogP contribution in [0.2, 0.25) is 0 Å². The van der Waals surface area contributed by atoms with Gasteiger partial charge in [-0.15, -0.1) is 12.4 Å². The number of ether oxygens (including phenoxy) is 1. The van der Waals surface area contributed by atoms with Gasteiger partial charge in [0.15, 0.2) is 5.58 Å². The average molecular weight is 311 g/mol. The fourth-order valence-electron chi connectivity index (χ4n) is 2.58. The summed E-state index contributed by atoms with van der Waals surface area (Å²) in [7, 11) is 1.57. The van der Waals surface area contributed by atoms with Crippen LogP contribution in [0.25, 0.3) is 11.0 Å². The van der Waals surface area contributed by atoms with E-state index in [2.05, 4.69) is 10.2 Å². The Morgan fingerprint density at radius 2 is 2.10 bits per heavy atom. The smallest absolute Gasteiger partial charge is 0.341 e. The molecule has 1 saturated heterocycles. The molecule has 114 valence electrons. The highest BCUT2D eigenvalue weighted by Gasteiger charge is 2.15. The van der Waals surface area contributed by atoms with E-state index in [1.165, 1.54) is 0 Å². The van der Waals surface area contributed by atoms with E-state index in [9.17, 15) is 4.79 Å². The predicted octanol–water partition coefficient (Wildman–Crippen LogP) is 1.77. The van der Waals surface area contributed by atoms with Crippen LogP contribution in [-0.4, -0.2) is 33.3 Å². The summed E-state index contributed by atoms with van der Waals surface area (Å²) in [6, 6.07) is 7.82. The average Bonchev–Trinajstić information content (AvgIpc) is 2.49. The monoisotopic (exact) mass is 310 g/mol. The van der Waals surface area contributed by atoms with Crippen LogP contribution in [0, 0.1) is 0 Å². The standard InChI is InChI=1S/C15H18N2O3.ClH/c1-19-10-12-9-11-3-2-4-13(14(11)20-15(12)18)17-7-5-16-6-8-17;/h2-4,9,16H,5-8,10H2,1H3;1H.